The van der Waals surface area contributed by atoms with E-state index in [0.29, 0.717) is 0 Å². The van der Waals surface area contributed by atoms with Crippen molar-refractivity contribution in [2.75, 3.05) is 4.90 Å². The number of nitrogens with zero attached hydrogens (tertiary/aromatic N) is 1. The Bertz CT molecular complexity index is 2230. The molecule has 4 aliphatic heterocycles. The van der Waals surface area contributed by atoms with E-state index in [0.717, 1.165) is 0 Å². The maximum absolute atomic E-state index is 2.60. The normalized spacial score (nSPS) is 13.6. The van der Waals surface area contributed by atoms with Gasteiger partial charge >= 0.3 is 0 Å². The lowest BCUT2D eigenvalue weighted by Crippen LogP contribution is -2.62. The molecule has 0 saturated carbocycles. The molecule has 1 nitrogen and oxygen atoms in total. The van der Waals surface area contributed by atoms with Gasteiger partial charge < -0.3 is 4.90 Å². The fourth-order valence-electron chi connectivity index (χ4n) is 8.91. The first-order valence-corrected chi connectivity index (χ1v) is 15.9. The lowest BCUT2D eigenvalue weighted by molar-refractivity contribution is 1.31. The van der Waals surface area contributed by atoms with Gasteiger partial charge in [0.1, 0.15) is 0 Å². The van der Waals surface area contributed by atoms with Crippen molar-refractivity contribution in [2.45, 2.75) is 0 Å². The Morgan fingerprint density at radius 3 is 1.29 bits per heavy atom. The van der Waals surface area contributed by atoms with E-state index in [1.165, 1.54) is 94.3 Å². The van der Waals surface area contributed by atoms with Gasteiger partial charge in [-0.2, -0.15) is 0 Å². The summed E-state index contributed by atoms with van der Waals surface area (Å²) in [7, 11) is 0. The van der Waals surface area contributed by atoms with Gasteiger partial charge in [-0.15, -0.1) is 0 Å². The molecule has 0 radical (unpaired) electrons. The van der Waals surface area contributed by atoms with Crippen LogP contribution in [0.25, 0.3) is 44.5 Å². The highest BCUT2D eigenvalue weighted by Gasteiger charge is 2.49. The molecule has 204 valence electrons. The molecule has 0 aromatic heterocycles. The average molecular weight is 565 g/mol. The van der Waals surface area contributed by atoms with Crippen LogP contribution in [-0.2, 0) is 0 Å². The number of fused-ring (bicyclic) bond motifs is 10. The van der Waals surface area contributed by atoms with Crippen LogP contribution in [0.4, 0.5) is 17.1 Å². The van der Waals surface area contributed by atoms with E-state index in [2.05, 4.69) is 157 Å². The largest absolute Gasteiger partial charge is 0.312 e. The molecule has 4 heterocycles. The predicted octanol–water partition coefficient (Wildman–Crippen LogP) is 6.11. The topological polar surface area (TPSA) is 3.24 Å². The van der Waals surface area contributed by atoms with Crippen molar-refractivity contribution < 1.29 is 0 Å². The molecule has 0 unspecified atom stereocenters. The van der Waals surface area contributed by atoms with Crippen LogP contribution in [0.3, 0.4) is 0 Å². The summed E-state index contributed by atoms with van der Waals surface area (Å²) in [4.78, 5) is 2.60. The van der Waals surface area contributed by atoms with Crippen molar-refractivity contribution >= 4 is 63.3 Å². The second-order valence-corrected chi connectivity index (χ2v) is 12.8. The molecule has 45 heavy (non-hydrogen) atoms. The van der Waals surface area contributed by atoms with Gasteiger partial charge in [-0.1, -0.05) is 138 Å². The minimum absolute atomic E-state index is 0.230. The number of hydrogen-bond donors (Lipinski definition) is 0. The van der Waals surface area contributed by atoms with Crippen LogP contribution in [0.5, 0.6) is 0 Å². The third-order valence-corrected chi connectivity index (χ3v) is 10.7. The highest BCUT2D eigenvalue weighted by molar-refractivity contribution is 7.05. The van der Waals surface area contributed by atoms with Gasteiger partial charge in [0, 0.05) is 17.1 Å². The van der Waals surface area contributed by atoms with Gasteiger partial charge in [0.05, 0.1) is 0 Å². The quantitative estimate of drug-likeness (QED) is 0.229. The van der Waals surface area contributed by atoms with Crippen molar-refractivity contribution in [3.63, 3.8) is 0 Å². The number of anilines is 3. The van der Waals surface area contributed by atoms with Crippen LogP contribution < -0.4 is 37.7 Å². The van der Waals surface area contributed by atoms with Gasteiger partial charge in [0.15, 0.2) is 0 Å². The molecule has 0 amide bonds. The molecule has 0 aliphatic carbocycles. The molecule has 0 saturated heterocycles. The van der Waals surface area contributed by atoms with Crippen molar-refractivity contribution in [1.82, 2.24) is 0 Å². The molecular weight excluding hydrogens is 540 g/mol. The Morgan fingerprint density at radius 2 is 0.800 bits per heavy atom. The van der Waals surface area contributed by atoms with E-state index in [1.807, 2.05) is 0 Å². The Balaban J connectivity index is 1.16. The maximum Gasteiger partial charge on any atom is 0.248 e. The van der Waals surface area contributed by atoms with E-state index in [9.17, 15) is 0 Å². The van der Waals surface area contributed by atoms with Gasteiger partial charge in [-0.05, 0) is 90.6 Å². The van der Waals surface area contributed by atoms with Crippen LogP contribution >= 0.6 is 0 Å². The molecule has 11 rings (SSSR count). The Kier molecular flexibility index (Phi) is 4.54. The monoisotopic (exact) mass is 565 g/mol. The molecule has 3 heteroatoms. The summed E-state index contributed by atoms with van der Waals surface area (Å²) in [5.74, 6) is 0. The first-order valence-electron chi connectivity index (χ1n) is 15.9. The maximum atomic E-state index is 2.60. The predicted molar refractivity (Wildman–Crippen MR) is 192 cm³/mol. The average Bonchev–Trinajstić information content (AvgIpc) is 3.63. The van der Waals surface area contributed by atoms with Gasteiger partial charge in [-0.25, -0.2) is 0 Å². The van der Waals surface area contributed by atoms with E-state index >= 15 is 0 Å². The summed E-state index contributed by atoms with van der Waals surface area (Å²) in [6.45, 7) is 0.460. The third-order valence-electron chi connectivity index (χ3n) is 10.7. The summed E-state index contributed by atoms with van der Waals surface area (Å²) in [6, 6.07) is 56.8. The minimum Gasteiger partial charge on any atom is -0.312 e. The number of rotatable bonds is 2. The number of para-hydroxylation sites is 1. The highest BCUT2D eigenvalue weighted by atomic mass is 15.2. The first kappa shape index (κ1) is 23.9. The summed E-state index contributed by atoms with van der Waals surface area (Å²) in [6.07, 6.45) is 0. The zero-order chi connectivity index (χ0) is 29.2. The van der Waals surface area contributed by atoms with Crippen molar-refractivity contribution in [2.24, 2.45) is 0 Å². The Labute approximate surface area is 263 Å². The lowest BCUT2D eigenvalue weighted by atomic mass is 9.32. The van der Waals surface area contributed by atoms with Gasteiger partial charge in [0.2, 0.25) is 13.4 Å². The number of benzene rings is 7. The fourth-order valence-corrected chi connectivity index (χ4v) is 8.91. The van der Waals surface area contributed by atoms with Crippen molar-refractivity contribution in [3.8, 4) is 44.5 Å². The van der Waals surface area contributed by atoms with Crippen LogP contribution in [-0.4, -0.2) is 13.4 Å². The summed E-state index contributed by atoms with van der Waals surface area (Å²) >= 11 is 0. The molecular formula is C42H25B2N. The lowest BCUT2D eigenvalue weighted by Gasteiger charge is -2.42. The van der Waals surface area contributed by atoms with Crippen LogP contribution in [0.2, 0.25) is 0 Å². The number of hydrogen-bond acceptors (Lipinski definition) is 1. The van der Waals surface area contributed by atoms with Gasteiger partial charge in [0.25, 0.3) is 0 Å². The van der Waals surface area contributed by atoms with E-state index in [-0.39, 0.29) is 13.4 Å². The highest BCUT2D eigenvalue weighted by Crippen LogP contribution is 2.44. The molecule has 7 aromatic carbocycles. The third kappa shape index (κ3) is 3.01. The van der Waals surface area contributed by atoms with Crippen molar-refractivity contribution in [1.29, 1.82) is 0 Å². The molecule has 0 N–H and O–H groups in total. The SMILES string of the molecule is c1ccc(-c2ccc3c(c2)-c2cccc4c2B3c2cccc3c2N4c2cccc4c2B3c2ccc(-c3ccccc3)cc2-4)cc1. The summed E-state index contributed by atoms with van der Waals surface area (Å²) in [5, 5.41) is 0. The zero-order valence-electron chi connectivity index (χ0n) is 24.5. The van der Waals surface area contributed by atoms with Crippen LogP contribution in [0.15, 0.2) is 152 Å². The Morgan fingerprint density at radius 1 is 0.333 bits per heavy atom. The zero-order valence-corrected chi connectivity index (χ0v) is 24.5. The minimum atomic E-state index is 0.230. The van der Waals surface area contributed by atoms with Gasteiger partial charge in [-0.3, -0.25) is 0 Å². The molecule has 0 bridgehead atoms. The van der Waals surface area contributed by atoms with E-state index in [4.69, 9.17) is 0 Å². The molecule has 7 aromatic rings. The van der Waals surface area contributed by atoms with Crippen LogP contribution in [0, 0.1) is 0 Å². The summed E-state index contributed by atoms with van der Waals surface area (Å²) < 4.78 is 0. The standard InChI is InChI=1S/C42H25B2N/c1-3-10-26(11-4-1)28-20-22-34-32(24-28)30-14-7-18-38-40(30)43(34)36-16-9-17-37-42(36)45(38)39-19-8-15-31-33-25-29(27-12-5-2-6-13-27)21-23-35(33)44(37)41(31)39/h1-25H. The van der Waals surface area contributed by atoms with Crippen molar-refractivity contribution in [3.05, 3.63) is 152 Å². The van der Waals surface area contributed by atoms with Crippen LogP contribution in [0.1, 0.15) is 0 Å². The van der Waals surface area contributed by atoms with E-state index in [1.54, 1.807) is 0 Å². The smallest absolute Gasteiger partial charge is 0.248 e. The second kappa shape index (κ2) is 8.55. The molecule has 0 fully saturated rings. The second-order valence-electron chi connectivity index (χ2n) is 12.8. The molecule has 4 aliphatic rings. The molecule has 0 atom stereocenters. The fraction of sp³-hybridized carbons (Fsp3) is 0. The Hall–Kier alpha value is -5.53. The first-order chi connectivity index (χ1) is 22.3. The van der Waals surface area contributed by atoms with E-state index < -0.39 is 0 Å². The summed E-state index contributed by atoms with van der Waals surface area (Å²) in [5.41, 5.74) is 23.1. The molecule has 0 spiro atoms.